The summed E-state index contributed by atoms with van der Waals surface area (Å²) in [5.41, 5.74) is 0.729. The molecule has 3 heterocycles. The Bertz CT molecular complexity index is 552. The van der Waals surface area contributed by atoms with Gasteiger partial charge in [0.25, 0.3) is 5.56 Å². The van der Waals surface area contributed by atoms with Crippen molar-refractivity contribution in [2.75, 3.05) is 31.1 Å². The second-order valence-corrected chi connectivity index (χ2v) is 3.73. The lowest BCUT2D eigenvalue weighted by molar-refractivity contribution is 0.580. The number of rotatable bonds is 1. The summed E-state index contributed by atoms with van der Waals surface area (Å²) >= 11 is 0. The Morgan fingerprint density at radius 2 is 2.12 bits per heavy atom. The molecule has 0 saturated carbocycles. The molecule has 0 spiro atoms. The number of hydrogen-bond donors (Lipinski definition) is 3. The van der Waals surface area contributed by atoms with Crippen LogP contribution in [0.2, 0.25) is 0 Å². The monoisotopic (exact) mass is 220 g/mol. The summed E-state index contributed by atoms with van der Waals surface area (Å²) in [5.74, 6) is 0.603. The molecule has 0 aromatic carbocycles. The van der Waals surface area contributed by atoms with Crippen molar-refractivity contribution in [1.82, 2.24) is 25.3 Å². The number of anilines is 1. The third kappa shape index (κ3) is 1.45. The van der Waals surface area contributed by atoms with E-state index in [0.717, 1.165) is 26.2 Å². The highest BCUT2D eigenvalue weighted by Gasteiger charge is 2.14. The van der Waals surface area contributed by atoms with Gasteiger partial charge in [0, 0.05) is 26.2 Å². The van der Waals surface area contributed by atoms with E-state index < -0.39 is 0 Å². The van der Waals surface area contributed by atoms with Gasteiger partial charge in [0.2, 0.25) is 5.95 Å². The summed E-state index contributed by atoms with van der Waals surface area (Å²) in [4.78, 5) is 27.6. The Morgan fingerprint density at radius 1 is 1.31 bits per heavy atom. The number of nitrogens with zero attached hydrogens (tertiary/aromatic N) is 3. The van der Waals surface area contributed by atoms with Gasteiger partial charge in [0.05, 0.1) is 6.33 Å². The summed E-state index contributed by atoms with van der Waals surface area (Å²) in [7, 11) is 0. The zero-order valence-corrected chi connectivity index (χ0v) is 8.66. The highest BCUT2D eigenvalue weighted by Crippen LogP contribution is 2.08. The smallest absolute Gasteiger partial charge is 0.278 e. The molecule has 7 heteroatoms. The minimum atomic E-state index is -0.170. The van der Waals surface area contributed by atoms with Gasteiger partial charge in [0.1, 0.15) is 0 Å². The van der Waals surface area contributed by atoms with Crippen molar-refractivity contribution in [2.45, 2.75) is 0 Å². The van der Waals surface area contributed by atoms with E-state index in [1.54, 1.807) is 0 Å². The molecule has 1 aliphatic rings. The van der Waals surface area contributed by atoms with Crippen LogP contribution < -0.4 is 15.8 Å². The molecule has 0 atom stereocenters. The molecule has 2 aromatic heterocycles. The number of imidazole rings is 1. The number of nitrogens with one attached hydrogen (secondary N) is 3. The molecule has 3 rings (SSSR count). The standard InChI is InChI=1S/C9H12N6O/c16-8-6-7(12-5-11-6)13-9(14-8)15-3-1-10-2-4-15/h5,10H,1-4H2,(H2,11,12,13,14,16). The van der Waals surface area contributed by atoms with Crippen molar-refractivity contribution in [1.29, 1.82) is 0 Å². The van der Waals surface area contributed by atoms with Gasteiger partial charge in [-0.05, 0) is 0 Å². The molecule has 0 amide bonds. The van der Waals surface area contributed by atoms with Crippen molar-refractivity contribution in [2.24, 2.45) is 0 Å². The van der Waals surface area contributed by atoms with Gasteiger partial charge in [-0.25, -0.2) is 4.98 Å². The fraction of sp³-hybridized carbons (Fsp3) is 0.444. The molecule has 7 nitrogen and oxygen atoms in total. The zero-order valence-electron chi connectivity index (χ0n) is 8.66. The predicted molar refractivity (Wildman–Crippen MR) is 59.6 cm³/mol. The Morgan fingerprint density at radius 3 is 2.94 bits per heavy atom. The van der Waals surface area contributed by atoms with Crippen molar-refractivity contribution >= 4 is 17.1 Å². The molecular formula is C9H12N6O. The first-order valence-electron chi connectivity index (χ1n) is 5.23. The lowest BCUT2D eigenvalue weighted by Crippen LogP contribution is -2.44. The number of aromatic amines is 2. The maximum absolute atomic E-state index is 11.7. The van der Waals surface area contributed by atoms with E-state index in [1.807, 2.05) is 4.90 Å². The van der Waals surface area contributed by atoms with Crippen LogP contribution in [0.25, 0.3) is 11.2 Å². The highest BCUT2D eigenvalue weighted by atomic mass is 16.1. The van der Waals surface area contributed by atoms with Crippen LogP contribution in [-0.4, -0.2) is 46.1 Å². The molecule has 0 radical (unpaired) electrons. The van der Waals surface area contributed by atoms with Gasteiger partial charge in [-0.15, -0.1) is 0 Å². The topological polar surface area (TPSA) is 89.7 Å². The summed E-state index contributed by atoms with van der Waals surface area (Å²) in [6, 6.07) is 0. The third-order valence-corrected chi connectivity index (χ3v) is 2.70. The van der Waals surface area contributed by atoms with Crippen LogP contribution in [0.1, 0.15) is 0 Å². The Labute approximate surface area is 90.9 Å². The average Bonchev–Trinajstić information content (AvgIpc) is 2.79. The second-order valence-electron chi connectivity index (χ2n) is 3.73. The molecule has 16 heavy (non-hydrogen) atoms. The van der Waals surface area contributed by atoms with Gasteiger partial charge >= 0.3 is 0 Å². The van der Waals surface area contributed by atoms with Crippen LogP contribution in [0.4, 0.5) is 5.95 Å². The molecule has 1 aliphatic heterocycles. The fourth-order valence-electron chi connectivity index (χ4n) is 1.86. The molecule has 0 aliphatic carbocycles. The van der Waals surface area contributed by atoms with Crippen molar-refractivity contribution in [3.05, 3.63) is 16.7 Å². The zero-order chi connectivity index (χ0) is 11.0. The van der Waals surface area contributed by atoms with Crippen LogP contribution >= 0.6 is 0 Å². The van der Waals surface area contributed by atoms with Crippen LogP contribution in [0.15, 0.2) is 11.1 Å². The second kappa shape index (κ2) is 3.60. The molecule has 3 N–H and O–H groups in total. The predicted octanol–water partition coefficient (Wildman–Crippen LogP) is -0.944. The van der Waals surface area contributed by atoms with Crippen LogP contribution in [-0.2, 0) is 0 Å². The number of hydrogen-bond acceptors (Lipinski definition) is 5. The van der Waals surface area contributed by atoms with Crippen LogP contribution in [0, 0.1) is 0 Å². The maximum Gasteiger partial charge on any atom is 0.278 e. The van der Waals surface area contributed by atoms with Gasteiger partial charge in [0.15, 0.2) is 11.2 Å². The summed E-state index contributed by atoms with van der Waals surface area (Å²) in [5, 5.41) is 3.25. The van der Waals surface area contributed by atoms with E-state index in [2.05, 4.69) is 25.3 Å². The first-order chi connectivity index (χ1) is 7.84. The lowest BCUT2D eigenvalue weighted by Gasteiger charge is -2.27. The maximum atomic E-state index is 11.7. The number of H-pyrrole nitrogens is 2. The Kier molecular flexibility index (Phi) is 2.10. The third-order valence-electron chi connectivity index (χ3n) is 2.70. The summed E-state index contributed by atoms with van der Waals surface area (Å²) < 4.78 is 0. The molecule has 1 fully saturated rings. The largest absolute Gasteiger partial charge is 0.340 e. The molecule has 0 bridgehead atoms. The number of piperazine rings is 1. The van der Waals surface area contributed by atoms with E-state index in [9.17, 15) is 4.79 Å². The first kappa shape index (κ1) is 9.34. The van der Waals surface area contributed by atoms with Crippen molar-refractivity contribution in [3.8, 4) is 0 Å². The molecule has 2 aromatic rings. The number of fused-ring (bicyclic) bond motifs is 1. The minimum absolute atomic E-state index is 0.170. The fourth-order valence-corrected chi connectivity index (χ4v) is 1.86. The van der Waals surface area contributed by atoms with Crippen LogP contribution in [0.5, 0.6) is 0 Å². The molecule has 84 valence electrons. The summed E-state index contributed by atoms with van der Waals surface area (Å²) in [6.45, 7) is 3.50. The molecule has 1 saturated heterocycles. The van der Waals surface area contributed by atoms with Crippen LogP contribution in [0.3, 0.4) is 0 Å². The Balaban J connectivity index is 2.06. The van der Waals surface area contributed by atoms with E-state index in [4.69, 9.17) is 0 Å². The van der Waals surface area contributed by atoms with Gasteiger partial charge in [-0.3, -0.25) is 9.78 Å². The number of aromatic nitrogens is 4. The SMILES string of the molecule is O=c1[nH]c(N2CCNCC2)nc2nc[nH]c12. The minimum Gasteiger partial charge on any atom is -0.340 e. The van der Waals surface area contributed by atoms with E-state index in [-0.39, 0.29) is 5.56 Å². The average molecular weight is 220 g/mol. The van der Waals surface area contributed by atoms with Gasteiger partial charge in [-0.1, -0.05) is 0 Å². The summed E-state index contributed by atoms with van der Waals surface area (Å²) in [6.07, 6.45) is 1.48. The van der Waals surface area contributed by atoms with E-state index >= 15 is 0 Å². The quantitative estimate of drug-likeness (QED) is 0.577. The van der Waals surface area contributed by atoms with Crippen molar-refractivity contribution < 1.29 is 0 Å². The highest BCUT2D eigenvalue weighted by molar-refractivity contribution is 5.69. The van der Waals surface area contributed by atoms with Gasteiger partial charge in [-0.2, -0.15) is 4.98 Å². The Hall–Kier alpha value is -1.89. The van der Waals surface area contributed by atoms with E-state index in [1.165, 1.54) is 6.33 Å². The molecular weight excluding hydrogens is 208 g/mol. The van der Waals surface area contributed by atoms with Crippen molar-refractivity contribution in [3.63, 3.8) is 0 Å². The normalized spacial score (nSPS) is 16.9. The lowest BCUT2D eigenvalue weighted by atomic mass is 10.4. The molecule has 0 unspecified atom stereocenters. The van der Waals surface area contributed by atoms with Gasteiger partial charge < -0.3 is 15.2 Å². The van der Waals surface area contributed by atoms with E-state index in [0.29, 0.717) is 17.1 Å². The first-order valence-corrected chi connectivity index (χ1v) is 5.23.